The van der Waals surface area contributed by atoms with Crippen LogP contribution in [0.1, 0.15) is 32.6 Å². The molecule has 0 aliphatic carbocycles. The Morgan fingerprint density at radius 3 is 3.00 bits per heavy atom. The molecule has 0 aromatic heterocycles. The van der Waals surface area contributed by atoms with E-state index in [0.29, 0.717) is 13.1 Å². The molecule has 18 heavy (non-hydrogen) atoms. The summed E-state index contributed by atoms with van der Waals surface area (Å²) in [5, 5.41) is 12.5. The molecule has 2 heterocycles. The molecule has 1 amide bonds. The van der Waals surface area contributed by atoms with E-state index < -0.39 is 0 Å². The number of aliphatic hydroxyl groups excluding tert-OH is 1. The minimum absolute atomic E-state index is 0.00521. The van der Waals surface area contributed by atoms with E-state index in [1.807, 2.05) is 11.8 Å². The third kappa shape index (κ3) is 3.43. The summed E-state index contributed by atoms with van der Waals surface area (Å²) in [5.41, 5.74) is 0. The molecule has 2 rings (SSSR count). The van der Waals surface area contributed by atoms with Crippen molar-refractivity contribution in [2.75, 3.05) is 26.2 Å². The minimum atomic E-state index is -0.233. The highest BCUT2D eigenvalue weighted by Gasteiger charge is 2.31. The van der Waals surface area contributed by atoms with Gasteiger partial charge < -0.3 is 20.1 Å². The SMILES string of the molecule is CC1CN(C(=O)C2CCCCCN2)CC(CO)O1. The molecule has 0 aromatic rings. The van der Waals surface area contributed by atoms with Crippen LogP contribution in [0.15, 0.2) is 0 Å². The second-order valence-electron chi connectivity index (χ2n) is 5.35. The lowest BCUT2D eigenvalue weighted by Gasteiger charge is -2.37. The van der Waals surface area contributed by atoms with Crippen molar-refractivity contribution in [3.63, 3.8) is 0 Å². The Labute approximate surface area is 108 Å². The topological polar surface area (TPSA) is 61.8 Å². The third-order valence-corrected chi connectivity index (χ3v) is 3.70. The fraction of sp³-hybridized carbons (Fsp3) is 0.923. The summed E-state index contributed by atoms with van der Waals surface area (Å²) in [7, 11) is 0. The summed E-state index contributed by atoms with van der Waals surface area (Å²) in [4.78, 5) is 14.3. The van der Waals surface area contributed by atoms with Crippen LogP contribution in [0.2, 0.25) is 0 Å². The van der Waals surface area contributed by atoms with Crippen molar-refractivity contribution in [2.24, 2.45) is 0 Å². The summed E-state index contributed by atoms with van der Waals surface area (Å²) >= 11 is 0. The lowest BCUT2D eigenvalue weighted by molar-refractivity contribution is -0.149. The third-order valence-electron chi connectivity index (χ3n) is 3.70. The number of nitrogens with zero attached hydrogens (tertiary/aromatic N) is 1. The van der Waals surface area contributed by atoms with Gasteiger partial charge in [-0.3, -0.25) is 4.79 Å². The summed E-state index contributed by atoms with van der Waals surface area (Å²) in [6.45, 7) is 4.00. The Balaban J connectivity index is 1.94. The first kappa shape index (κ1) is 13.8. The van der Waals surface area contributed by atoms with Crippen LogP contribution in [0.5, 0.6) is 0 Å². The molecule has 2 fully saturated rings. The molecule has 3 unspecified atom stereocenters. The van der Waals surface area contributed by atoms with E-state index >= 15 is 0 Å². The highest BCUT2D eigenvalue weighted by Crippen LogP contribution is 2.15. The van der Waals surface area contributed by atoms with Gasteiger partial charge in [0.05, 0.1) is 24.9 Å². The van der Waals surface area contributed by atoms with Gasteiger partial charge in [0.25, 0.3) is 0 Å². The molecule has 0 saturated carbocycles. The maximum absolute atomic E-state index is 12.4. The number of ether oxygens (including phenoxy) is 1. The van der Waals surface area contributed by atoms with Crippen LogP contribution in [0, 0.1) is 0 Å². The number of hydrogen-bond donors (Lipinski definition) is 2. The van der Waals surface area contributed by atoms with Crippen LogP contribution in [-0.2, 0) is 9.53 Å². The van der Waals surface area contributed by atoms with Gasteiger partial charge in [0.2, 0.25) is 5.91 Å². The highest BCUT2D eigenvalue weighted by atomic mass is 16.5. The summed E-state index contributed by atoms with van der Waals surface area (Å²) in [5.74, 6) is 0.172. The monoisotopic (exact) mass is 256 g/mol. The summed E-state index contributed by atoms with van der Waals surface area (Å²) in [6.07, 6.45) is 4.17. The average molecular weight is 256 g/mol. The Morgan fingerprint density at radius 2 is 2.22 bits per heavy atom. The van der Waals surface area contributed by atoms with E-state index in [-0.39, 0.29) is 30.8 Å². The highest BCUT2D eigenvalue weighted by molar-refractivity contribution is 5.82. The van der Waals surface area contributed by atoms with Gasteiger partial charge in [-0.05, 0) is 26.3 Å². The zero-order valence-electron chi connectivity index (χ0n) is 11.1. The van der Waals surface area contributed by atoms with E-state index in [4.69, 9.17) is 4.74 Å². The number of hydrogen-bond acceptors (Lipinski definition) is 4. The van der Waals surface area contributed by atoms with Gasteiger partial charge >= 0.3 is 0 Å². The van der Waals surface area contributed by atoms with Crippen molar-refractivity contribution in [2.45, 2.75) is 50.9 Å². The molecule has 0 radical (unpaired) electrons. The number of morpholine rings is 1. The molecule has 0 bridgehead atoms. The smallest absolute Gasteiger partial charge is 0.239 e. The van der Waals surface area contributed by atoms with Crippen LogP contribution < -0.4 is 5.32 Å². The molecular weight excluding hydrogens is 232 g/mol. The second kappa shape index (κ2) is 6.50. The van der Waals surface area contributed by atoms with E-state index in [9.17, 15) is 9.90 Å². The van der Waals surface area contributed by atoms with Crippen molar-refractivity contribution >= 4 is 5.91 Å². The van der Waals surface area contributed by atoms with Crippen molar-refractivity contribution in [3.8, 4) is 0 Å². The van der Waals surface area contributed by atoms with Gasteiger partial charge in [-0.1, -0.05) is 12.8 Å². The summed E-state index contributed by atoms with van der Waals surface area (Å²) < 4.78 is 5.56. The Morgan fingerprint density at radius 1 is 1.39 bits per heavy atom. The van der Waals surface area contributed by atoms with Gasteiger partial charge in [-0.25, -0.2) is 0 Å². The zero-order chi connectivity index (χ0) is 13.0. The predicted octanol–water partition coefficient (Wildman–Crippen LogP) is 0.127. The van der Waals surface area contributed by atoms with E-state index in [2.05, 4.69) is 5.32 Å². The Kier molecular flexibility index (Phi) is 4.97. The Hall–Kier alpha value is -0.650. The molecule has 5 heteroatoms. The molecule has 3 atom stereocenters. The molecule has 104 valence electrons. The van der Waals surface area contributed by atoms with Crippen LogP contribution in [0.3, 0.4) is 0 Å². The van der Waals surface area contributed by atoms with Gasteiger partial charge in [0.1, 0.15) is 0 Å². The van der Waals surface area contributed by atoms with Crippen LogP contribution in [-0.4, -0.2) is 60.4 Å². The lowest BCUT2D eigenvalue weighted by Crippen LogP contribution is -2.55. The molecular formula is C13H24N2O3. The number of carbonyl (C=O) groups excluding carboxylic acids is 1. The molecule has 5 nitrogen and oxygen atoms in total. The molecule has 2 aliphatic heterocycles. The largest absolute Gasteiger partial charge is 0.394 e. The summed E-state index contributed by atoms with van der Waals surface area (Å²) in [6, 6.07) is -0.0443. The fourth-order valence-corrected chi connectivity index (χ4v) is 2.79. The maximum Gasteiger partial charge on any atom is 0.239 e. The van der Waals surface area contributed by atoms with Gasteiger partial charge in [0, 0.05) is 13.1 Å². The lowest BCUT2D eigenvalue weighted by atomic mass is 10.1. The first-order valence-electron chi connectivity index (χ1n) is 6.99. The van der Waals surface area contributed by atoms with E-state index in [1.165, 1.54) is 6.42 Å². The molecule has 2 N–H and O–H groups in total. The van der Waals surface area contributed by atoms with Crippen LogP contribution in [0.4, 0.5) is 0 Å². The van der Waals surface area contributed by atoms with Gasteiger partial charge in [0.15, 0.2) is 0 Å². The van der Waals surface area contributed by atoms with Crippen molar-refractivity contribution in [3.05, 3.63) is 0 Å². The Bertz CT molecular complexity index is 277. The zero-order valence-corrected chi connectivity index (χ0v) is 11.1. The van der Waals surface area contributed by atoms with Crippen LogP contribution >= 0.6 is 0 Å². The average Bonchev–Trinajstić information content (AvgIpc) is 2.65. The van der Waals surface area contributed by atoms with Crippen LogP contribution in [0.25, 0.3) is 0 Å². The molecule has 2 saturated heterocycles. The standard InChI is InChI=1S/C13H24N2O3/c1-10-7-15(8-11(9-16)18-10)13(17)12-5-3-2-4-6-14-12/h10-12,14,16H,2-9H2,1H3. The van der Waals surface area contributed by atoms with E-state index in [0.717, 1.165) is 25.8 Å². The molecule has 0 aromatic carbocycles. The number of aliphatic hydroxyl groups is 1. The van der Waals surface area contributed by atoms with Crippen molar-refractivity contribution in [1.82, 2.24) is 10.2 Å². The van der Waals surface area contributed by atoms with Crippen molar-refractivity contribution in [1.29, 1.82) is 0 Å². The van der Waals surface area contributed by atoms with Crippen molar-refractivity contribution < 1.29 is 14.6 Å². The molecule has 0 spiro atoms. The number of amides is 1. The normalized spacial score (nSPS) is 34.1. The fourth-order valence-electron chi connectivity index (χ4n) is 2.79. The van der Waals surface area contributed by atoms with Gasteiger partial charge in [-0.2, -0.15) is 0 Å². The first-order valence-corrected chi connectivity index (χ1v) is 6.99. The minimum Gasteiger partial charge on any atom is -0.394 e. The second-order valence-corrected chi connectivity index (χ2v) is 5.35. The number of nitrogens with one attached hydrogen (secondary N) is 1. The maximum atomic E-state index is 12.4. The number of rotatable bonds is 2. The predicted molar refractivity (Wildman–Crippen MR) is 68.3 cm³/mol. The van der Waals surface area contributed by atoms with E-state index in [1.54, 1.807) is 0 Å². The number of carbonyl (C=O) groups is 1. The quantitative estimate of drug-likeness (QED) is 0.737. The van der Waals surface area contributed by atoms with Gasteiger partial charge in [-0.15, -0.1) is 0 Å². The first-order chi connectivity index (χ1) is 8.70. The molecule has 2 aliphatic rings.